The molecule has 0 saturated carbocycles. The van der Waals surface area contributed by atoms with E-state index in [2.05, 4.69) is 37.2 Å². The Labute approximate surface area is 99.1 Å². The minimum atomic E-state index is 0.395. The Balaban J connectivity index is 2.87. The van der Waals surface area contributed by atoms with Crippen molar-refractivity contribution in [2.45, 2.75) is 52.5 Å². The van der Waals surface area contributed by atoms with Gasteiger partial charge in [0.25, 0.3) is 0 Å². The lowest BCUT2D eigenvalue weighted by Crippen LogP contribution is -2.22. The summed E-state index contributed by atoms with van der Waals surface area (Å²) in [6, 6.07) is 0.395. The molecule has 0 bridgehead atoms. The molecule has 1 rings (SSSR count). The molecule has 0 aliphatic heterocycles. The van der Waals surface area contributed by atoms with E-state index in [0.717, 1.165) is 12.8 Å². The molecule has 3 nitrogen and oxygen atoms in total. The molecule has 1 aromatic rings. The normalized spacial score (nSPS) is 15.4. The van der Waals surface area contributed by atoms with Crippen LogP contribution in [-0.2, 0) is 0 Å². The van der Waals surface area contributed by atoms with E-state index in [4.69, 9.17) is 5.73 Å². The molecular formula is C13H25N3. The van der Waals surface area contributed by atoms with Crippen molar-refractivity contribution in [1.82, 2.24) is 9.55 Å². The van der Waals surface area contributed by atoms with Crippen molar-refractivity contribution in [2.24, 2.45) is 11.7 Å². The van der Waals surface area contributed by atoms with Crippen LogP contribution in [0.15, 0.2) is 12.5 Å². The second-order valence-corrected chi connectivity index (χ2v) is 5.05. The number of nitrogens with two attached hydrogens (primary N) is 1. The lowest BCUT2D eigenvalue weighted by Gasteiger charge is -2.23. The highest BCUT2D eigenvalue weighted by Gasteiger charge is 2.16. The summed E-state index contributed by atoms with van der Waals surface area (Å²) in [7, 11) is 0. The van der Waals surface area contributed by atoms with Crippen LogP contribution in [0, 0.1) is 5.92 Å². The number of imidazole rings is 1. The Hall–Kier alpha value is -0.830. The van der Waals surface area contributed by atoms with Gasteiger partial charge in [-0.2, -0.15) is 0 Å². The van der Waals surface area contributed by atoms with Crippen molar-refractivity contribution in [1.29, 1.82) is 0 Å². The molecule has 0 aromatic carbocycles. The van der Waals surface area contributed by atoms with Crippen LogP contribution < -0.4 is 5.73 Å². The van der Waals surface area contributed by atoms with Crippen LogP contribution in [0.1, 0.15) is 58.2 Å². The number of hydrogen-bond acceptors (Lipinski definition) is 2. The van der Waals surface area contributed by atoms with Crippen LogP contribution in [0.2, 0.25) is 0 Å². The van der Waals surface area contributed by atoms with Gasteiger partial charge in [-0.3, -0.25) is 0 Å². The first kappa shape index (κ1) is 13.2. The molecule has 1 heterocycles. The Morgan fingerprint density at radius 1 is 1.38 bits per heavy atom. The molecular weight excluding hydrogens is 198 g/mol. The molecule has 0 saturated heterocycles. The van der Waals surface area contributed by atoms with Crippen LogP contribution in [-0.4, -0.2) is 16.1 Å². The molecule has 16 heavy (non-hydrogen) atoms. The molecule has 2 atom stereocenters. The predicted octanol–water partition coefficient (Wildman–Crippen LogP) is 2.94. The minimum absolute atomic E-state index is 0.395. The Bertz CT molecular complexity index is 304. The van der Waals surface area contributed by atoms with Crippen molar-refractivity contribution in [3.05, 3.63) is 18.2 Å². The van der Waals surface area contributed by atoms with Crippen LogP contribution in [0.5, 0.6) is 0 Å². The van der Waals surface area contributed by atoms with Crippen molar-refractivity contribution in [2.75, 3.05) is 6.54 Å². The summed E-state index contributed by atoms with van der Waals surface area (Å²) in [5.74, 6) is 1.23. The number of aromatic nitrogens is 2. The van der Waals surface area contributed by atoms with Crippen molar-refractivity contribution < 1.29 is 0 Å². The van der Waals surface area contributed by atoms with E-state index in [1.165, 1.54) is 5.69 Å². The van der Waals surface area contributed by atoms with E-state index in [1.807, 2.05) is 12.5 Å². The molecule has 0 fully saturated rings. The van der Waals surface area contributed by atoms with Crippen molar-refractivity contribution in [3.63, 3.8) is 0 Å². The first-order valence-corrected chi connectivity index (χ1v) is 6.31. The van der Waals surface area contributed by atoms with Crippen LogP contribution in [0.25, 0.3) is 0 Å². The van der Waals surface area contributed by atoms with Gasteiger partial charge in [0.15, 0.2) is 0 Å². The zero-order valence-electron chi connectivity index (χ0n) is 11.0. The Morgan fingerprint density at radius 3 is 2.56 bits per heavy atom. The third kappa shape index (κ3) is 3.08. The maximum atomic E-state index is 5.87. The fraction of sp³-hybridized carbons (Fsp3) is 0.769. The van der Waals surface area contributed by atoms with E-state index < -0.39 is 0 Å². The topological polar surface area (TPSA) is 43.8 Å². The fourth-order valence-corrected chi connectivity index (χ4v) is 2.08. The summed E-state index contributed by atoms with van der Waals surface area (Å²) in [5.41, 5.74) is 7.19. The second-order valence-electron chi connectivity index (χ2n) is 5.05. The van der Waals surface area contributed by atoms with Crippen molar-refractivity contribution >= 4 is 0 Å². The maximum Gasteiger partial charge on any atom is 0.0951 e. The van der Waals surface area contributed by atoms with E-state index in [-0.39, 0.29) is 0 Å². The average Bonchev–Trinajstić information content (AvgIpc) is 2.73. The average molecular weight is 223 g/mol. The third-order valence-corrected chi connectivity index (χ3v) is 3.22. The molecule has 1 aromatic heterocycles. The summed E-state index contributed by atoms with van der Waals surface area (Å²) in [5, 5.41) is 0. The number of rotatable bonds is 6. The molecule has 92 valence electrons. The summed E-state index contributed by atoms with van der Waals surface area (Å²) in [6.45, 7) is 9.63. The minimum Gasteiger partial charge on any atom is -0.330 e. The number of nitrogens with zero attached hydrogens (tertiary/aromatic N) is 2. The molecule has 0 spiro atoms. The highest BCUT2D eigenvalue weighted by atomic mass is 15.1. The van der Waals surface area contributed by atoms with Gasteiger partial charge in [-0.15, -0.1) is 0 Å². The molecule has 0 aliphatic rings. The molecule has 3 heteroatoms. The molecule has 0 radical (unpaired) electrons. The maximum absolute atomic E-state index is 5.87. The highest BCUT2D eigenvalue weighted by Crippen LogP contribution is 2.24. The quantitative estimate of drug-likeness (QED) is 0.805. The second kappa shape index (κ2) is 6.04. The van der Waals surface area contributed by atoms with Crippen LogP contribution in [0.3, 0.4) is 0 Å². The predicted molar refractivity (Wildman–Crippen MR) is 68.5 cm³/mol. The number of hydrogen-bond donors (Lipinski definition) is 1. The van der Waals surface area contributed by atoms with Gasteiger partial charge >= 0.3 is 0 Å². The van der Waals surface area contributed by atoms with E-state index in [0.29, 0.717) is 24.4 Å². The van der Waals surface area contributed by atoms with Crippen LogP contribution >= 0.6 is 0 Å². The van der Waals surface area contributed by atoms with E-state index >= 15 is 0 Å². The lowest BCUT2D eigenvalue weighted by molar-refractivity contribution is 0.393. The van der Waals surface area contributed by atoms with Gasteiger partial charge in [0.05, 0.1) is 6.33 Å². The standard InChI is InChI=1S/C13H25N3/c1-5-11(4)13-8-15-9-16(13)12(7-14)6-10(2)3/h8-12H,5-7,14H2,1-4H3. The zero-order valence-corrected chi connectivity index (χ0v) is 11.0. The summed E-state index contributed by atoms with van der Waals surface area (Å²) < 4.78 is 2.27. The Kier molecular flexibility index (Phi) is 5.00. The molecule has 0 amide bonds. The van der Waals surface area contributed by atoms with Gasteiger partial charge in [-0.1, -0.05) is 27.7 Å². The Morgan fingerprint density at radius 2 is 2.06 bits per heavy atom. The van der Waals surface area contributed by atoms with Crippen LogP contribution in [0.4, 0.5) is 0 Å². The zero-order chi connectivity index (χ0) is 12.1. The third-order valence-electron chi connectivity index (χ3n) is 3.22. The van der Waals surface area contributed by atoms with Gasteiger partial charge in [0, 0.05) is 24.5 Å². The lowest BCUT2D eigenvalue weighted by atomic mass is 10.0. The molecule has 2 N–H and O–H groups in total. The summed E-state index contributed by atoms with van der Waals surface area (Å²) in [4.78, 5) is 4.27. The monoisotopic (exact) mass is 223 g/mol. The van der Waals surface area contributed by atoms with E-state index in [1.54, 1.807) is 0 Å². The summed E-state index contributed by atoms with van der Waals surface area (Å²) in [6.07, 6.45) is 6.18. The first-order chi connectivity index (χ1) is 7.60. The molecule has 2 unspecified atom stereocenters. The highest BCUT2D eigenvalue weighted by molar-refractivity contribution is 5.06. The molecule has 0 aliphatic carbocycles. The van der Waals surface area contributed by atoms with Gasteiger partial charge in [0.2, 0.25) is 0 Å². The van der Waals surface area contributed by atoms with Gasteiger partial charge < -0.3 is 10.3 Å². The van der Waals surface area contributed by atoms with Gasteiger partial charge in [-0.25, -0.2) is 4.98 Å². The van der Waals surface area contributed by atoms with Crippen molar-refractivity contribution in [3.8, 4) is 0 Å². The SMILES string of the molecule is CCC(C)c1cncn1C(CN)CC(C)C. The summed E-state index contributed by atoms with van der Waals surface area (Å²) >= 11 is 0. The first-order valence-electron chi connectivity index (χ1n) is 6.31. The van der Waals surface area contributed by atoms with Gasteiger partial charge in [0.1, 0.15) is 0 Å². The van der Waals surface area contributed by atoms with E-state index in [9.17, 15) is 0 Å². The fourth-order valence-electron chi connectivity index (χ4n) is 2.08. The van der Waals surface area contributed by atoms with Gasteiger partial charge in [-0.05, 0) is 24.7 Å². The largest absolute Gasteiger partial charge is 0.330 e. The smallest absolute Gasteiger partial charge is 0.0951 e.